The van der Waals surface area contributed by atoms with Crippen molar-refractivity contribution in [1.29, 1.82) is 0 Å². The minimum absolute atomic E-state index is 0.00539. The largest absolute Gasteiger partial charge is 0.493 e. The predicted octanol–water partition coefficient (Wildman–Crippen LogP) is 3.66. The minimum atomic E-state index is -0.171. The lowest BCUT2D eigenvalue weighted by Gasteiger charge is -2.37. The lowest BCUT2D eigenvalue weighted by Crippen LogP contribution is -2.48. The Kier molecular flexibility index (Phi) is 6.27. The number of methoxy groups -OCH3 is 1. The van der Waals surface area contributed by atoms with Gasteiger partial charge in [-0.1, -0.05) is 19.1 Å². The molecule has 2 heterocycles. The van der Waals surface area contributed by atoms with E-state index in [1.54, 1.807) is 23.3 Å². The van der Waals surface area contributed by atoms with Crippen LogP contribution in [0.15, 0.2) is 35.7 Å². The normalized spacial score (nSPS) is 17.9. The molecule has 6 nitrogen and oxygen atoms in total. The maximum absolute atomic E-state index is 13.3. The highest BCUT2D eigenvalue weighted by atomic mass is 32.1. The van der Waals surface area contributed by atoms with Crippen molar-refractivity contribution in [3.05, 3.63) is 46.2 Å². The second-order valence-electron chi connectivity index (χ2n) is 7.72. The first-order chi connectivity index (χ1) is 14.6. The van der Waals surface area contributed by atoms with E-state index >= 15 is 0 Å². The number of thiophene rings is 1. The summed E-state index contributed by atoms with van der Waals surface area (Å²) < 4.78 is 11.5. The molecule has 2 amide bonds. The van der Waals surface area contributed by atoms with Crippen LogP contribution >= 0.6 is 11.3 Å². The van der Waals surface area contributed by atoms with Crippen LogP contribution in [0.1, 0.15) is 42.7 Å². The van der Waals surface area contributed by atoms with Gasteiger partial charge in [-0.3, -0.25) is 9.59 Å². The molecule has 30 heavy (non-hydrogen) atoms. The smallest absolute Gasteiger partial charge is 0.242 e. The van der Waals surface area contributed by atoms with Crippen LogP contribution in [0.25, 0.3) is 0 Å². The molecule has 0 radical (unpaired) electrons. The Bertz CT molecular complexity index is 908. The Morgan fingerprint density at radius 3 is 2.67 bits per heavy atom. The summed E-state index contributed by atoms with van der Waals surface area (Å²) in [5, 5.41) is 2.08. The van der Waals surface area contributed by atoms with E-state index in [1.165, 1.54) is 4.88 Å². The van der Waals surface area contributed by atoms with Gasteiger partial charge >= 0.3 is 0 Å². The van der Waals surface area contributed by atoms with Crippen LogP contribution in [0.4, 0.5) is 0 Å². The van der Waals surface area contributed by atoms with Crippen molar-refractivity contribution < 1.29 is 19.1 Å². The third-order valence-electron chi connectivity index (χ3n) is 5.80. The highest BCUT2D eigenvalue weighted by Gasteiger charge is 2.37. The number of hydrogen-bond acceptors (Lipinski definition) is 5. The van der Waals surface area contributed by atoms with Crippen molar-refractivity contribution in [2.24, 2.45) is 0 Å². The van der Waals surface area contributed by atoms with Gasteiger partial charge in [0.15, 0.2) is 11.5 Å². The maximum atomic E-state index is 13.3. The van der Waals surface area contributed by atoms with Gasteiger partial charge in [-0.25, -0.2) is 0 Å². The van der Waals surface area contributed by atoms with Crippen LogP contribution in [0.2, 0.25) is 0 Å². The molecule has 1 aliphatic carbocycles. The summed E-state index contributed by atoms with van der Waals surface area (Å²) >= 11 is 1.73. The number of carbonyl (C=O) groups is 2. The van der Waals surface area contributed by atoms with E-state index in [1.807, 2.05) is 36.1 Å². The molecule has 1 aromatic heterocycles. The van der Waals surface area contributed by atoms with Crippen LogP contribution in [-0.4, -0.2) is 54.5 Å². The van der Waals surface area contributed by atoms with Crippen LogP contribution in [0.5, 0.6) is 11.5 Å². The summed E-state index contributed by atoms with van der Waals surface area (Å²) in [6, 6.07) is 9.68. The molecule has 0 unspecified atom stereocenters. The van der Waals surface area contributed by atoms with E-state index in [4.69, 9.17) is 9.47 Å². The second kappa shape index (κ2) is 9.08. The fraction of sp³-hybridized carbons (Fsp3) is 0.478. The quantitative estimate of drug-likeness (QED) is 0.644. The summed E-state index contributed by atoms with van der Waals surface area (Å²) in [6.45, 7) is 3.00. The number of ether oxygens (including phenoxy) is 2. The van der Waals surface area contributed by atoms with Gasteiger partial charge in [0.2, 0.25) is 11.8 Å². The van der Waals surface area contributed by atoms with Gasteiger partial charge in [0.25, 0.3) is 0 Å². The molecule has 1 aliphatic heterocycles. The monoisotopic (exact) mass is 428 g/mol. The van der Waals surface area contributed by atoms with Crippen molar-refractivity contribution in [2.45, 2.75) is 44.7 Å². The number of rotatable bonds is 8. The Labute approximate surface area is 181 Å². The second-order valence-corrected chi connectivity index (χ2v) is 8.72. The zero-order valence-electron chi connectivity index (χ0n) is 17.5. The number of para-hydroxylation sites is 2. The van der Waals surface area contributed by atoms with Crippen molar-refractivity contribution in [3.63, 3.8) is 0 Å². The summed E-state index contributed by atoms with van der Waals surface area (Å²) in [7, 11) is 1.62. The van der Waals surface area contributed by atoms with Crippen LogP contribution in [0, 0.1) is 0 Å². The lowest BCUT2D eigenvalue weighted by atomic mass is 10.0. The van der Waals surface area contributed by atoms with Gasteiger partial charge in [-0.15, -0.1) is 11.3 Å². The third kappa shape index (κ3) is 4.31. The average molecular weight is 429 g/mol. The highest BCUT2D eigenvalue weighted by molar-refractivity contribution is 7.10. The average Bonchev–Trinajstić information content (AvgIpc) is 3.50. The Balaban J connectivity index is 1.52. The first kappa shape index (κ1) is 20.7. The Morgan fingerprint density at radius 1 is 1.20 bits per heavy atom. The topological polar surface area (TPSA) is 59.1 Å². The molecular formula is C23H28N2O4S. The number of hydrogen-bond donors (Lipinski definition) is 0. The first-order valence-corrected chi connectivity index (χ1v) is 11.4. The minimum Gasteiger partial charge on any atom is -0.493 e. The molecule has 1 aromatic carbocycles. The highest BCUT2D eigenvalue weighted by Crippen LogP contribution is 2.36. The first-order valence-electron chi connectivity index (χ1n) is 10.5. The number of benzene rings is 1. The van der Waals surface area contributed by atoms with Gasteiger partial charge in [0.1, 0.15) is 13.2 Å². The molecule has 0 saturated heterocycles. The van der Waals surface area contributed by atoms with Gasteiger partial charge in [0, 0.05) is 23.9 Å². The van der Waals surface area contributed by atoms with Gasteiger partial charge < -0.3 is 19.3 Å². The van der Waals surface area contributed by atoms with Crippen molar-refractivity contribution in [1.82, 2.24) is 9.80 Å². The molecule has 0 N–H and O–H groups in total. The fourth-order valence-corrected chi connectivity index (χ4v) is 4.96. The van der Waals surface area contributed by atoms with Crippen molar-refractivity contribution in [2.75, 3.05) is 26.8 Å². The van der Waals surface area contributed by atoms with E-state index in [9.17, 15) is 9.59 Å². The van der Waals surface area contributed by atoms with E-state index < -0.39 is 0 Å². The summed E-state index contributed by atoms with van der Waals surface area (Å²) in [5.74, 6) is 1.38. The van der Waals surface area contributed by atoms with Crippen molar-refractivity contribution in [3.8, 4) is 11.5 Å². The molecule has 1 fully saturated rings. The molecule has 4 rings (SSSR count). The predicted molar refractivity (Wildman–Crippen MR) is 116 cm³/mol. The van der Waals surface area contributed by atoms with Crippen molar-refractivity contribution >= 4 is 23.2 Å². The molecule has 2 aromatic rings. The molecule has 1 atom stereocenters. The molecule has 0 spiro atoms. The van der Waals surface area contributed by atoms with Crippen LogP contribution < -0.4 is 9.47 Å². The molecule has 0 bridgehead atoms. The van der Waals surface area contributed by atoms with Gasteiger partial charge in [-0.2, -0.15) is 0 Å². The molecule has 1 saturated carbocycles. The molecule has 2 aliphatic rings. The SMILES string of the molecule is CCC(=O)N(CC(=O)N1CCc2sccc2[C@H]1COc1ccccc1OC)C1CC1. The summed E-state index contributed by atoms with van der Waals surface area (Å²) in [4.78, 5) is 30.6. The van der Waals surface area contributed by atoms with E-state index in [2.05, 4.69) is 11.4 Å². The number of fused-ring (bicyclic) bond motifs is 1. The maximum Gasteiger partial charge on any atom is 0.242 e. The zero-order chi connectivity index (χ0) is 21.1. The Morgan fingerprint density at radius 2 is 1.97 bits per heavy atom. The van der Waals surface area contributed by atoms with E-state index in [0.717, 1.165) is 24.8 Å². The van der Waals surface area contributed by atoms with Gasteiger partial charge in [-0.05, 0) is 48.4 Å². The number of amides is 2. The third-order valence-corrected chi connectivity index (χ3v) is 6.79. The summed E-state index contributed by atoms with van der Waals surface area (Å²) in [6.07, 6.45) is 3.26. The lowest BCUT2D eigenvalue weighted by molar-refractivity contribution is -0.143. The Hall–Kier alpha value is -2.54. The number of nitrogens with zero attached hydrogens (tertiary/aromatic N) is 2. The fourth-order valence-electron chi connectivity index (χ4n) is 4.03. The van der Waals surface area contributed by atoms with Crippen LogP contribution in [0.3, 0.4) is 0 Å². The summed E-state index contributed by atoms with van der Waals surface area (Å²) in [5.41, 5.74) is 1.15. The standard InChI is InChI=1S/C23H28N2O4S/c1-3-22(26)25(16-8-9-16)14-23(27)24-12-10-21-17(11-13-30-21)18(24)15-29-20-7-5-4-6-19(20)28-2/h4-7,11,13,16,18H,3,8-10,12,14-15H2,1-2H3/t18-/m1/s1. The van der Waals surface area contributed by atoms with E-state index in [0.29, 0.717) is 31.1 Å². The van der Waals surface area contributed by atoms with Gasteiger partial charge in [0.05, 0.1) is 13.2 Å². The van der Waals surface area contributed by atoms with Crippen LogP contribution in [-0.2, 0) is 16.0 Å². The zero-order valence-corrected chi connectivity index (χ0v) is 18.3. The molecular weight excluding hydrogens is 400 g/mol. The van der Waals surface area contributed by atoms with E-state index in [-0.39, 0.29) is 30.4 Å². The number of carbonyl (C=O) groups excluding carboxylic acids is 2. The molecule has 7 heteroatoms. The molecule has 160 valence electrons.